The van der Waals surface area contributed by atoms with Gasteiger partial charge in [0.05, 0.1) is 0 Å². The molecule has 2 nitrogen and oxygen atoms in total. The first-order chi connectivity index (χ1) is 7.86. The van der Waals surface area contributed by atoms with Crippen LogP contribution in [0, 0.1) is 0 Å². The average Bonchev–Trinajstić information content (AvgIpc) is 2.33. The molecule has 0 fully saturated rings. The number of hydrogen-bond donors (Lipinski definition) is 0. The minimum atomic E-state index is 0.839. The van der Waals surface area contributed by atoms with Gasteiger partial charge in [-0.15, -0.1) is 9.63 Å². The van der Waals surface area contributed by atoms with Crippen LogP contribution in [0.1, 0.15) is 0 Å². The van der Waals surface area contributed by atoms with Gasteiger partial charge in [0.25, 0.3) is 0 Å². The third-order valence-corrected chi connectivity index (χ3v) is 3.21. The Morgan fingerprint density at radius 2 is 1.56 bits per heavy atom. The van der Waals surface area contributed by atoms with Gasteiger partial charge >= 0.3 is 0 Å². The summed E-state index contributed by atoms with van der Waals surface area (Å²) in [4.78, 5) is 1.08. The predicted octanol–water partition coefficient (Wildman–Crippen LogP) is 5.24. The lowest BCUT2D eigenvalue weighted by atomic mass is 10.3. The molecule has 0 bridgehead atoms. The summed E-state index contributed by atoms with van der Waals surface area (Å²) in [7, 11) is 0. The average molecular weight is 293 g/mol. The van der Waals surface area contributed by atoms with Crippen molar-refractivity contribution in [2.45, 2.75) is 4.90 Å². The number of halogens is 1. The molecule has 0 atom stereocenters. The summed E-state index contributed by atoms with van der Waals surface area (Å²) in [6.07, 6.45) is 0. The van der Waals surface area contributed by atoms with Gasteiger partial charge in [0.1, 0.15) is 5.69 Å². The first-order valence-electron chi connectivity index (χ1n) is 4.74. The van der Waals surface area contributed by atoms with Crippen molar-refractivity contribution in [2.75, 3.05) is 0 Å². The van der Waals surface area contributed by atoms with Crippen LogP contribution in [0.3, 0.4) is 0 Å². The summed E-state index contributed by atoms with van der Waals surface area (Å²) in [6.45, 7) is 0. The van der Waals surface area contributed by atoms with Gasteiger partial charge in [0.2, 0.25) is 0 Å². The lowest BCUT2D eigenvalue weighted by molar-refractivity contribution is 1.31. The van der Waals surface area contributed by atoms with E-state index in [9.17, 15) is 0 Å². The standard InChI is InChI=1S/C12H9BrN2S/c13-11-8-4-5-9-12(11)14-15-16-10-6-2-1-3-7-10/h1-9H. The van der Waals surface area contributed by atoms with Crippen molar-refractivity contribution in [3.63, 3.8) is 0 Å². The lowest BCUT2D eigenvalue weighted by Crippen LogP contribution is -1.66. The predicted molar refractivity (Wildman–Crippen MR) is 71.0 cm³/mol. The maximum absolute atomic E-state index is 4.14. The normalized spacial score (nSPS) is 10.8. The molecule has 0 aromatic heterocycles. The van der Waals surface area contributed by atoms with E-state index in [0.717, 1.165) is 15.1 Å². The van der Waals surface area contributed by atoms with E-state index in [2.05, 4.69) is 25.6 Å². The fraction of sp³-hybridized carbons (Fsp3) is 0. The summed E-state index contributed by atoms with van der Waals surface area (Å²) in [6, 6.07) is 17.7. The van der Waals surface area contributed by atoms with Gasteiger partial charge in [-0.25, -0.2) is 0 Å². The van der Waals surface area contributed by atoms with Gasteiger partial charge in [0.15, 0.2) is 0 Å². The van der Waals surface area contributed by atoms with Crippen LogP contribution in [-0.4, -0.2) is 0 Å². The van der Waals surface area contributed by atoms with E-state index in [4.69, 9.17) is 0 Å². The molecule has 0 saturated heterocycles. The van der Waals surface area contributed by atoms with E-state index in [-0.39, 0.29) is 0 Å². The minimum absolute atomic E-state index is 0.839. The highest BCUT2D eigenvalue weighted by Gasteiger charge is 1.95. The number of rotatable bonds is 3. The highest BCUT2D eigenvalue weighted by molar-refractivity contribution is 9.10. The van der Waals surface area contributed by atoms with Crippen molar-refractivity contribution in [3.8, 4) is 0 Å². The molecule has 0 spiro atoms. The molecule has 80 valence electrons. The maximum Gasteiger partial charge on any atom is 0.100 e. The van der Waals surface area contributed by atoms with Crippen LogP contribution in [-0.2, 0) is 0 Å². The van der Waals surface area contributed by atoms with Crippen LogP contribution in [0.5, 0.6) is 0 Å². The molecule has 0 unspecified atom stereocenters. The number of nitrogens with zero attached hydrogens (tertiary/aromatic N) is 2. The molecule has 0 amide bonds. The Labute approximate surface area is 107 Å². The molecule has 0 aliphatic carbocycles. The number of hydrogen-bond acceptors (Lipinski definition) is 3. The molecule has 0 aliphatic rings. The molecule has 2 rings (SSSR count). The molecule has 16 heavy (non-hydrogen) atoms. The van der Waals surface area contributed by atoms with Crippen LogP contribution in [0.25, 0.3) is 0 Å². The maximum atomic E-state index is 4.14. The van der Waals surface area contributed by atoms with E-state index in [1.807, 2.05) is 54.6 Å². The molecule has 0 N–H and O–H groups in total. The van der Waals surface area contributed by atoms with Crippen molar-refractivity contribution in [2.24, 2.45) is 9.63 Å². The molecule has 4 heteroatoms. The van der Waals surface area contributed by atoms with E-state index in [1.165, 1.54) is 11.9 Å². The Morgan fingerprint density at radius 1 is 0.875 bits per heavy atom. The molecular formula is C12H9BrN2S. The van der Waals surface area contributed by atoms with Gasteiger partial charge in [-0.2, -0.15) is 0 Å². The second-order valence-corrected chi connectivity index (χ2v) is 4.71. The van der Waals surface area contributed by atoms with Gasteiger partial charge in [0, 0.05) is 21.3 Å². The highest BCUT2D eigenvalue weighted by Crippen LogP contribution is 2.27. The number of benzene rings is 2. The van der Waals surface area contributed by atoms with Crippen molar-refractivity contribution in [1.82, 2.24) is 0 Å². The Balaban J connectivity index is 2.03. The van der Waals surface area contributed by atoms with Gasteiger partial charge < -0.3 is 0 Å². The fourth-order valence-electron chi connectivity index (χ4n) is 1.13. The minimum Gasteiger partial charge on any atom is -0.142 e. The van der Waals surface area contributed by atoms with E-state index in [0.29, 0.717) is 0 Å². The monoisotopic (exact) mass is 292 g/mol. The van der Waals surface area contributed by atoms with Crippen LogP contribution < -0.4 is 0 Å². The third kappa shape index (κ3) is 3.18. The molecular weight excluding hydrogens is 284 g/mol. The van der Waals surface area contributed by atoms with Crippen LogP contribution >= 0.6 is 27.9 Å². The van der Waals surface area contributed by atoms with Crippen LogP contribution in [0.15, 0.2) is 73.6 Å². The zero-order valence-corrected chi connectivity index (χ0v) is 10.8. The van der Waals surface area contributed by atoms with Crippen molar-refractivity contribution in [3.05, 3.63) is 59.1 Å². The molecule has 2 aromatic rings. The summed E-state index contributed by atoms with van der Waals surface area (Å²) in [5.74, 6) is 0. The molecule has 0 aliphatic heterocycles. The first kappa shape index (κ1) is 11.4. The fourth-order valence-corrected chi connectivity index (χ4v) is 1.99. The smallest absolute Gasteiger partial charge is 0.100 e. The van der Waals surface area contributed by atoms with Crippen LogP contribution in [0.2, 0.25) is 0 Å². The molecule has 0 radical (unpaired) electrons. The zero-order valence-electron chi connectivity index (χ0n) is 8.38. The SMILES string of the molecule is Brc1ccccc1N=NSc1ccccc1. The highest BCUT2D eigenvalue weighted by atomic mass is 79.9. The third-order valence-electron chi connectivity index (χ3n) is 1.89. The molecule has 2 aromatic carbocycles. The van der Waals surface area contributed by atoms with Gasteiger partial charge in [-0.1, -0.05) is 30.3 Å². The summed E-state index contributed by atoms with van der Waals surface area (Å²) < 4.78 is 5.04. The molecule has 0 saturated carbocycles. The van der Waals surface area contributed by atoms with Crippen molar-refractivity contribution >= 4 is 33.6 Å². The zero-order chi connectivity index (χ0) is 11.2. The Morgan fingerprint density at radius 3 is 2.31 bits per heavy atom. The van der Waals surface area contributed by atoms with Crippen molar-refractivity contribution < 1.29 is 0 Å². The van der Waals surface area contributed by atoms with E-state index < -0.39 is 0 Å². The van der Waals surface area contributed by atoms with Gasteiger partial charge in [-0.05, 0) is 40.2 Å². The quantitative estimate of drug-likeness (QED) is 0.561. The Kier molecular flexibility index (Phi) is 4.13. The Bertz CT molecular complexity index is 485. The topological polar surface area (TPSA) is 24.7 Å². The summed E-state index contributed by atoms with van der Waals surface area (Å²) in [5, 5.41) is 4.14. The largest absolute Gasteiger partial charge is 0.142 e. The molecule has 0 heterocycles. The van der Waals surface area contributed by atoms with E-state index >= 15 is 0 Å². The van der Waals surface area contributed by atoms with Crippen molar-refractivity contribution in [1.29, 1.82) is 0 Å². The second kappa shape index (κ2) is 5.82. The summed E-state index contributed by atoms with van der Waals surface area (Å²) in [5.41, 5.74) is 0.839. The van der Waals surface area contributed by atoms with Crippen LogP contribution in [0.4, 0.5) is 5.69 Å². The van der Waals surface area contributed by atoms with Gasteiger partial charge in [-0.3, -0.25) is 0 Å². The van der Waals surface area contributed by atoms with E-state index in [1.54, 1.807) is 0 Å². The first-order valence-corrected chi connectivity index (χ1v) is 6.30. The summed E-state index contributed by atoms with van der Waals surface area (Å²) >= 11 is 4.78. The lowest BCUT2D eigenvalue weighted by Gasteiger charge is -1.95. The Hall–Kier alpha value is -1.13. The second-order valence-electron chi connectivity index (χ2n) is 3.04.